The molecule has 1 amide bonds. The Morgan fingerprint density at radius 2 is 1.69 bits per heavy atom. The van der Waals surface area contributed by atoms with Gasteiger partial charge in [0.05, 0.1) is 7.11 Å². The van der Waals surface area contributed by atoms with Crippen LogP contribution in [0.25, 0.3) is 0 Å². The molecule has 0 aromatic heterocycles. The number of benzene rings is 2. The van der Waals surface area contributed by atoms with Gasteiger partial charge in [-0.25, -0.2) is 4.79 Å². The van der Waals surface area contributed by atoms with Gasteiger partial charge in [0.1, 0.15) is 11.5 Å². The molecule has 1 N–H and O–H groups in total. The molecule has 0 radical (unpaired) electrons. The minimum atomic E-state index is -0.834. The van der Waals surface area contributed by atoms with Gasteiger partial charge in [-0.1, -0.05) is 25.1 Å². The van der Waals surface area contributed by atoms with Crippen molar-refractivity contribution in [3.05, 3.63) is 54.1 Å². The summed E-state index contributed by atoms with van der Waals surface area (Å²) in [6.07, 6.45) is -0.0395. The average molecular weight is 357 g/mol. The molecule has 0 aliphatic rings. The largest absolute Gasteiger partial charge is 0.497 e. The third kappa shape index (κ3) is 5.51. The van der Waals surface area contributed by atoms with Gasteiger partial charge >= 0.3 is 5.97 Å². The minimum Gasteiger partial charge on any atom is -0.497 e. The number of methoxy groups -OCH3 is 1. The molecule has 0 spiro atoms. The van der Waals surface area contributed by atoms with E-state index in [1.807, 2.05) is 31.2 Å². The van der Waals surface area contributed by atoms with E-state index in [1.165, 1.54) is 0 Å². The van der Waals surface area contributed by atoms with E-state index in [-0.39, 0.29) is 6.61 Å². The lowest BCUT2D eigenvalue weighted by Crippen LogP contribution is -2.29. The number of aryl methyl sites for hydroxylation is 1. The highest BCUT2D eigenvalue weighted by Crippen LogP contribution is 2.18. The lowest BCUT2D eigenvalue weighted by atomic mass is 10.1. The number of nitrogens with one attached hydrogen (secondary N) is 1. The smallest absolute Gasteiger partial charge is 0.347 e. The molecule has 1 unspecified atom stereocenters. The maximum atomic E-state index is 12.0. The van der Waals surface area contributed by atoms with E-state index in [2.05, 4.69) is 5.32 Å². The molecule has 138 valence electrons. The van der Waals surface area contributed by atoms with Crippen molar-refractivity contribution < 1.29 is 23.8 Å². The fourth-order valence-electron chi connectivity index (χ4n) is 2.30. The van der Waals surface area contributed by atoms with Crippen LogP contribution in [0.1, 0.15) is 19.4 Å². The highest BCUT2D eigenvalue weighted by Gasteiger charge is 2.18. The first-order chi connectivity index (χ1) is 12.5. The molecule has 0 aliphatic carbocycles. The normalized spacial score (nSPS) is 11.3. The molecule has 0 heterocycles. The van der Waals surface area contributed by atoms with Crippen LogP contribution in [0.3, 0.4) is 0 Å². The standard InChI is InChI=1S/C20H23NO5/c1-4-15-7-5-6-8-18(15)21-19(22)13-25-20(23)14(2)26-17-11-9-16(24-3)10-12-17/h5-12,14H,4,13H2,1-3H3,(H,21,22). The van der Waals surface area contributed by atoms with Gasteiger partial charge in [0.25, 0.3) is 5.91 Å². The minimum absolute atomic E-state index is 0.368. The van der Waals surface area contributed by atoms with E-state index in [4.69, 9.17) is 14.2 Å². The van der Waals surface area contributed by atoms with Crippen molar-refractivity contribution >= 4 is 17.6 Å². The zero-order valence-electron chi connectivity index (χ0n) is 15.2. The summed E-state index contributed by atoms with van der Waals surface area (Å²) >= 11 is 0. The first-order valence-electron chi connectivity index (χ1n) is 8.38. The second-order valence-electron chi connectivity index (χ2n) is 5.60. The Bertz CT molecular complexity index is 742. The molecule has 26 heavy (non-hydrogen) atoms. The highest BCUT2D eigenvalue weighted by molar-refractivity contribution is 5.93. The van der Waals surface area contributed by atoms with E-state index >= 15 is 0 Å². The van der Waals surface area contributed by atoms with E-state index < -0.39 is 18.0 Å². The number of carbonyl (C=O) groups excluding carboxylic acids is 2. The molecule has 2 rings (SSSR count). The number of hydrogen-bond donors (Lipinski definition) is 1. The second-order valence-corrected chi connectivity index (χ2v) is 5.60. The topological polar surface area (TPSA) is 73.9 Å². The van der Waals surface area contributed by atoms with Crippen LogP contribution in [-0.2, 0) is 20.7 Å². The summed E-state index contributed by atoms with van der Waals surface area (Å²) in [5.74, 6) is 0.198. The fraction of sp³-hybridized carbons (Fsp3) is 0.300. The van der Waals surface area contributed by atoms with Crippen LogP contribution in [0.4, 0.5) is 5.69 Å². The summed E-state index contributed by atoms with van der Waals surface area (Å²) in [5.41, 5.74) is 1.74. The Labute approximate surface area is 153 Å². The van der Waals surface area contributed by atoms with Crippen LogP contribution in [-0.4, -0.2) is 31.7 Å². The number of anilines is 1. The first-order valence-corrected chi connectivity index (χ1v) is 8.38. The third-order valence-electron chi connectivity index (χ3n) is 3.72. The SMILES string of the molecule is CCc1ccccc1NC(=O)COC(=O)C(C)Oc1ccc(OC)cc1. The number of hydrogen-bond acceptors (Lipinski definition) is 5. The van der Waals surface area contributed by atoms with Gasteiger partial charge in [0.2, 0.25) is 0 Å². The van der Waals surface area contributed by atoms with Crippen LogP contribution in [0.5, 0.6) is 11.5 Å². The van der Waals surface area contributed by atoms with Crippen molar-refractivity contribution in [3.8, 4) is 11.5 Å². The van der Waals surface area contributed by atoms with Crippen LogP contribution in [0.2, 0.25) is 0 Å². The Kier molecular flexibility index (Phi) is 7.02. The summed E-state index contributed by atoms with van der Waals surface area (Å²) in [6, 6.07) is 14.3. The van der Waals surface area contributed by atoms with Gasteiger partial charge in [-0.2, -0.15) is 0 Å². The highest BCUT2D eigenvalue weighted by atomic mass is 16.6. The summed E-state index contributed by atoms with van der Waals surface area (Å²) in [7, 11) is 1.57. The van der Waals surface area contributed by atoms with E-state index in [0.29, 0.717) is 11.5 Å². The van der Waals surface area contributed by atoms with Crippen LogP contribution < -0.4 is 14.8 Å². The molecule has 2 aromatic carbocycles. The molecule has 0 saturated heterocycles. The Morgan fingerprint density at radius 3 is 2.35 bits per heavy atom. The van der Waals surface area contributed by atoms with Gasteiger partial charge in [0.15, 0.2) is 12.7 Å². The molecule has 1 atom stereocenters. The number of rotatable bonds is 8. The number of ether oxygens (including phenoxy) is 3. The average Bonchev–Trinajstić information content (AvgIpc) is 2.67. The van der Waals surface area contributed by atoms with Gasteiger partial charge in [-0.15, -0.1) is 0 Å². The summed E-state index contributed by atoms with van der Waals surface area (Å²) < 4.78 is 15.6. The molecule has 6 heteroatoms. The number of para-hydroxylation sites is 1. The fourth-order valence-corrected chi connectivity index (χ4v) is 2.30. The summed E-state index contributed by atoms with van der Waals surface area (Å²) in [5, 5.41) is 2.75. The molecule has 0 fully saturated rings. The van der Waals surface area contributed by atoms with Crippen molar-refractivity contribution in [2.75, 3.05) is 19.0 Å². The van der Waals surface area contributed by atoms with E-state index in [9.17, 15) is 9.59 Å². The predicted molar refractivity (Wildman–Crippen MR) is 98.5 cm³/mol. The van der Waals surface area contributed by atoms with Crippen LogP contribution in [0.15, 0.2) is 48.5 Å². The second kappa shape index (κ2) is 9.46. The third-order valence-corrected chi connectivity index (χ3v) is 3.72. The monoisotopic (exact) mass is 357 g/mol. The zero-order chi connectivity index (χ0) is 18.9. The lowest BCUT2D eigenvalue weighted by molar-refractivity contribution is -0.153. The summed E-state index contributed by atoms with van der Waals surface area (Å²) in [4.78, 5) is 24.0. The Morgan fingerprint density at radius 1 is 1.04 bits per heavy atom. The van der Waals surface area contributed by atoms with Crippen molar-refractivity contribution in [3.63, 3.8) is 0 Å². The van der Waals surface area contributed by atoms with Gasteiger partial charge in [0, 0.05) is 5.69 Å². The maximum Gasteiger partial charge on any atom is 0.347 e. The van der Waals surface area contributed by atoms with Gasteiger partial charge in [-0.05, 0) is 49.2 Å². The molecule has 0 saturated carbocycles. The van der Waals surface area contributed by atoms with Gasteiger partial charge < -0.3 is 19.5 Å². The van der Waals surface area contributed by atoms with Crippen LogP contribution in [0, 0.1) is 0 Å². The lowest BCUT2D eigenvalue weighted by Gasteiger charge is -2.14. The summed E-state index contributed by atoms with van der Waals surface area (Å²) in [6.45, 7) is 3.20. The first kappa shape index (κ1) is 19.3. The molecule has 2 aromatic rings. The Hall–Kier alpha value is -3.02. The van der Waals surface area contributed by atoms with E-state index in [1.54, 1.807) is 38.3 Å². The number of amides is 1. The predicted octanol–water partition coefficient (Wildman–Crippen LogP) is 3.21. The van der Waals surface area contributed by atoms with Crippen molar-refractivity contribution in [2.45, 2.75) is 26.4 Å². The van der Waals surface area contributed by atoms with E-state index in [0.717, 1.165) is 17.7 Å². The number of esters is 1. The zero-order valence-corrected chi connectivity index (χ0v) is 15.2. The number of carbonyl (C=O) groups is 2. The quantitative estimate of drug-likeness (QED) is 0.735. The molecular weight excluding hydrogens is 334 g/mol. The van der Waals surface area contributed by atoms with Crippen molar-refractivity contribution in [2.24, 2.45) is 0 Å². The van der Waals surface area contributed by atoms with Crippen molar-refractivity contribution in [1.29, 1.82) is 0 Å². The van der Waals surface area contributed by atoms with Crippen LogP contribution >= 0.6 is 0 Å². The maximum absolute atomic E-state index is 12.0. The molecule has 6 nitrogen and oxygen atoms in total. The van der Waals surface area contributed by atoms with Gasteiger partial charge in [-0.3, -0.25) is 4.79 Å². The Balaban J connectivity index is 1.81. The molecular formula is C20H23NO5. The molecule has 0 aliphatic heterocycles. The van der Waals surface area contributed by atoms with Crippen molar-refractivity contribution in [1.82, 2.24) is 0 Å². The molecule has 0 bridgehead atoms.